The molecule has 0 radical (unpaired) electrons. The Balaban J connectivity index is 0.000000257. The van der Waals surface area contributed by atoms with E-state index in [1.54, 1.807) is 24.3 Å². The molecule has 6 heteroatoms. The molecule has 0 aromatic heterocycles. The highest BCUT2D eigenvalue weighted by Crippen LogP contribution is 2.08. The molecule has 25 heavy (non-hydrogen) atoms. The lowest BCUT2D eigenvalue weighted by atomic mass is 10.3. The maximum absolute atomic E-state index is 11.0. The average Bonchev–Trinajstić information content (AvgIpc) is 2.65. The van der Waals surface area contributed by atoms with E-state index in [9.17, 15) is 9.59 Å². The first-order valence-electron chi connectivity index (χ1n) is 7.52. The molecule has 0 aliphatic carbocycles. The van der Waals surface area contributed by atoms with E-state index in [-0.39, 0.29) is 19.8 Å². The normalized spacial score (nSPS) is 9.12. The first-order chi connectivity index (χ1) is 12.1. The molecule has 0 spiro atoms. The summed E-state index contributed by atoms with van der Waals surface area (Å²) in [5, 5.41) is 0. The van der Waals surface area contributed by atoms with Crippen molar-refractivity contribution in [3.05, 3.63) is 73.3 Å². The highest BCUT2D eigenvalue weighted by atomic mass is 16.6. The van der Waals surface area contributed by atoms with E-state index in [2.05, 4.69) is 6.58 Å². The quantitative estimate of drug-likeness (QED) is 0.587. The second-order valence-corrected chi connectivity index (χ2v) is 4.64. The predicted octanol–water partition coefficient (Wildman–Crippen LogP) is 2.35. The number of esters is 1. The Morgan fingerprint density at radius 2 is 1.36 bits per heavy atom. The smallest absolute Gasteiger partial charge is 0.344 e. The highest BCUT2D eigenvalue weighted by Gasteiger charge is 2.01. The summed E-state index contributed by atoms with van der Waals surface area (Å²) in [6, 6.07) is 18.2. The third-order valence-electron chi connectivity index (χ3n) is 2.59. The van der Waals surface area contributed by atoms with Crippen molar-refractivity contribution < 1.29 is 23.8 Å². The monoisotopic (exact) mass is 343 g/mol. The van der Waals surface area contributed by atoms with Gasteiger partial charge in [0.2, 0.25) is 0 Å². The van der Waals surface area contributed by atoms with E-state index in [1.165, 1.54) is 6.08 Å². The van der Waals surface area contributed by atoms with Crippen LogP contribution in [0.3, 0.4) is 0 Å². The molecule has 0 aliphatic heterocycles. The van der Waals surface area contributed by atoms with Crippen molar-refractivity contribution in [3.8, 4) is 11.5 Å². The van der Waals surface area contributed by atoms with Crippen LogP contribution in [0.25, 0.3) is 0 Å². The van der Waals surface area contributed by atoms with Gasteiger partial charge in [-0.3, -0.25) is 4.79 Å². The number of benzene rings is 2. The van der Waals surface area contributed by atoms with Crippen LogP contribution in [0.1, 0.15) is 0 Å². The molecular weight excluding hydrogens is 322 g/mol. The molecule has 0 saturated heterocycles. The molecule has 2 aromatic carbocycles. The fourth-order valence-corrected chi connectivity index (χ4v) is 1.52. The van der Waals surface area contributed by atoms with Crippen LogP contribution in [0.2, 0.25) is 0 Å². The fourth-order valence-electron chi connectivity index (χ4n) is 1.52. The van der Waals surface area contributed by atoms with E-state index in [4.69, 9.17) is 19.9 Å². The fraction of sp³-hybridized carbons (Fsp3) is 0.158. The molecule has 0 bridgehead atoms. The summed E-state index contributed by atoms with van der Waals surface area (Å²) in [5.41, 5.74) is 4.88. The molecule has 0 unspecified atom stereocenters. The number of ether oxygens (including phenoxy) is 3. The molecule has 0 saturated carbocycles. The van der Waals surface area contributed by atoms with E-state index >= 15 is 0 Å². The Morgan fingerprint density at radius 1 is 0.880 bits per heavy atom. The maximum atomic E-state index is 11.0. The predicted molar refractivity (Wildman–Crippen MR) is 94.2 cm³/mol. The Bertz CT molecular complexity index is 643. The van der Waals surface area contributed by atoms with Gasteiger partial charge in [0.25, 0.3) is 5.91 Å². The van der Waals surface area contributed by atoms with Crippen molar-refractivity contribution in [2.24, 2.45) is 5.73 Å². The summed E-state index contributed by atoms with van der Waals surface area (Å²) in [6.45, 7) is 3.52. The van der Waals surface area contributed by atoms with Gasteiger partial charge in [-0.15, -0.1) is 0 Å². The van der Waals surface area contributed by atoms with Crippen molar-refractivity contribution in [2.75, 3.05) is 19.8 Å². The van der Waals surface area contributed by atoms with Crippen LogP contribution in [-0.2, 0) is 14.3 Å². The van der Waals surface area contributed by atoms with E-state index in [0.717, 1.165) is 0 Å². The van der Waals surface area contributed by atoms with Crippen LogP contribution < -0.4 is 15.2 Å². The number of hydrogen-bond acceptors (Lipinski definition) is 5. The van der Waals surface area contributed by atoms with Gasteiger partial charge < -0.3 is 19.9 Å². The third kappa shape index (κ3) is 10.2. The minimum Gasteiger partial charge on any atom is -0.484 e. The third-order valence-corrected chi connectivity index (χ3v) is 2.59. The summed E-state index contributed by atoms with van der Waals surface area (Å²) >= 11 is 0. The van der Waals surface area contributed by atoms with Crippen LogP contribution in [0, 0.1) is 0 Å². The number of amides is 1. The molecule has 2 aromatic rings. The molecule has 2 N–H and O–H groups in total. The lowest BCUT2D eigenvalue weighted by Crippen LogP contribution is -2.19. The van der Waals surface area contributed by atoms with Crippen molar-refractivity contribution in [3.63, 3.8) is 0 Å². The Morgan fingerprint density at radius 3 is 1.80 bits per heavy atom. The second kappa shape index (κ2) is 12.2. The van der Waals surface area contributed by atoms with Gasteiger partial charge in [-0.05, 0) is 24.3 Å². The second-order valence-electron chi connectivity index (χ2n) is 4.64. The number of hydrogen-bond donors (Lipinski definition) is 1. The number of nitrogens with two attached hydrogens (primary N) is 1. The zero-order valence-corrected chi connectivity index (χ0v) is 13.8. The minimum atomic E-state index is -0.464. The Kier molecular flexibility index (Phi) is 9.63. The number of carbonyl (C=O) groups excluding carboxylic acids is 2. The zero-order chi connectivity index (χ0) is 18.3. The van der Waals surface area contributed by atoms with E-state index in [0.29, 0.717) is 11.5 Å². The zero-order valence-electron chi connectivity index (χ0n) is 13.8. The topological polar surface area (TPSA) is 87.9 Å². The molecule has 0 atom stereocenters. The summed E-state index contributed by atoms with van der Waals surface area (Å²) in [6.07, 6.45) is 1.51. The van der Waals surface area contributed by atoms with Crippen LogP contribution >= 0.6 is 0 Å². The Labute approximate surface area is 146 Å². The van der Waals surface area contributed by atoms with Gasteiger partial charge in [-0.2, -0.15) is 0 Å². The number of carbonyl (C=O) groups is 2. The lowest BCUT2D eigenvalue weighted by Gasteiger charge is -2.04. The van der Waals surface area contributed by atoms with Gasteiger partial charge in [0, 0.05) is 0 Å². The highest BCUT2D eigenvalue weighted by molar-refractivity contribution is 5.75. The lowest BCUT2D eigenvalue weighted by molar-refractivity contribution is -0.144. The maximum Gasteiger partial charge on any atom is 0.344 e. The van der Waals surface area contributed by atoms with Gasteiger partial charge in [-0.25, -0.2) is 4.79 Å². The molecule has 0 fully saturated rings. The molecule has 0 aliphatic rings. The van der Waals surface area contributed by atoms with Gasteiger partial charge in [0.1, 0.15) is 18.1 Å². The first-order valence-corrected chi connectivity index (χ1v) is 7.52. The molecular formula is C19H21NO5. The van der Waals surface area contributed by atoms with Gasteiger partial charge in [0.05, 0.1) is 0 Å². The van der Waals surface area contributed by atoms with Crippen LogP contribution in [0.5, 0.6) is 11.5 Å². The van der Waals surface area contributed by atoms with Crippen molar-refractivity contribution in [1.29, 1.82) is 0 Å². The average molecular weight is 343 g/mol. The van der Waals surface area contributed by atoms with Crippen LogP contribution in [0.4, 0.5) is 0 Å². The molecule has 0 heterocycles. The van der Waals surface area contributed by atoms with Crippen molar-refractivity contribution in [1.82, 2.24) is 0 Å². The van der Waals surface area contributed by atoms with E-state index in [1.807, 2.05) is 36.4 Å². The summed E-state index contributed by atoms with van der Waals surface area (Å²) < 4.78 is 14.9. The molecule has 1 amide bonds. The largest absolute Gasteiger partial charge is 0.484 e. The van der Waals surface area contributed by atoms with Crippen LogP contribution in [0.15, 0.2) is 73.3 Å². The number of rotatable bonds is 8. The molecule has 132 valence electrons. The van der Waals surface area contributed by atoms with Crippen LogP contribution in [-0.4, -0.2) is 31.7 Å². The number of primary amides is 1. The molecule has 2 rings (SSSR count). The molecule has 6 nitrogen and oxygen atoms in total. The van der Waals surface area contributed by atoms with Gasteiger partial charge in [-0.1, -0.05) is 49.1 Å². The number of para-hydroxylation sites is 2. The van der Waals surface area contributed by atoms with Gasteiger partial charge in [0.15, 0.2) is 13.2 Å². The standard InChI is InChI=1S/C11H12O3.C8H9NO2/c1-2-8-13-11(12)9-14-10-6-4-3-5-7-10;9-8(10)6-11-7-4-2-1-3-5-7/h2-7H,1,8-9H2;1-5H,6H2,(H2,9,10). The van der Waals surface area contributed by atoms with Crippen molar-refractivity contribution in [2.45, 2.75) is 0 Å². The summed E-state index contributed by atoms with van der Waals surface area (Å²) in [7, 11) is 0. The van der Waals surface area contributed by atoms with E-state index < -0.39 is 11.9 Å². The van der Waals surface area contributed by atoms with Crippen molar-refractivity contribution >= 4 is 11.9 Å². The SMILES string of the molecule is C=CCOC(=O)COc1ccccc1.NC(=O)COc1ccccc1. The van der Waals surface area contributed by atoms with Gasteiger partial charge >= 0.3 is 5.97 Å². The summed E-state index contributed by atoms with van der Waals surface area (Å²) in [4.78, 5) is 21.3. The minimum absolute atomic E-state index is 0.0655. The summed E-state index contributed by atoms with van der Waals surface area (Å²) in [5.74, 6) is 0.456. The first kappa shape index (κ1) is 19.8. The Hall–Kier alpha value is -3.28.